The monoisotopic (exact) mass is 305 g/mol. The molecule has 1 aliphatic heterocycles. The predicted molar refractivity (Wildman–Crippen MR) is 92.9 cm³/mol. The molecule has 0 fully saturated rings. The van der Waals surface area contributed by atoms with Crippen molar-refractivity contribution in [2.75, 3.05) is 12.3 Å². The number of nitrogens with zero attached hydrogens (tertiary/aromatic N) is 1. The molecule has 1 aromatic rings. The van der Waals surface area contributed by atoms with Crippen LogP contribution in [-0.4, -0.2) is 18.1 Å². The number of nitrogens with one attached hydrogen (secondary N) is 1. The zero-order chi connectivity index (χ0) is 14.9. The van der Waals surface area contributed by atoms with E-state index in [9.17, 15) is 0 Å². The van der Waals surface area contributed by atoms with Gasteiger partial charge in [-0.25, -0.2) is 4.99 Å². The first-order valence-electron chi connectivity index (χ1n) is 8.08. The standard InChI is InChI=1S/C17H27N3S/c1-2-3-4-5-6-7-12-21-15-10-8-14(9-11-15)17-19-13-16(18)20-17/h8-11,17,19H,2-7,12-13H2,1H3,(H2,18,20). The summed E-state index contributed by atoms with van der Waals surface area (Å²) in [7, 11) is 0. The van der Waals surface area contributed by atoms with Gasteiger partial charge in [0.25, 0.3) is 0 Å². The third kappa shape index (κ3) is 5.71. The minimum atomic E-state index is 0.0441. The van der Waals surface area contributed by atoms with Crippen LogP contribution in [0, 0.1) is 0 Å². The average molecular weight is 305 g/mol. The number of nitrogens with two attached hydrogens (primary N) is 1. The largest absolute Gasteiger partial charge is 0.386 e. The molecule has 0 bridgehead atoms. The van der Waals surface area contributed by atoms with E-state index in [2.05, 4.69) is 41.5 Å². The maximum absolute atomic E-state index is 5.70. The van der Waals surface area contributed by atoms with Crippen LogP contribution in [0.15, 0.2) is 34.2 Å². The Morgan fingerprint density at radius 3 is 2.52 bits per heavy atom. The van der Waals surface area contributed by atoms with E-state index in [1.165, 1.54) is 54.7 Å². The molecule has 1 atom stereocenters. The number of benzene rings is 1. The number of hydrogen-bond donors (Lipinski definition) is 2. The van der Waals surface area contributed by atoms with Crippen LogP contribution < -0.4 is 11.1 Å². The lowest BCUT2D eigenvalue weighted by molar-refractivity contribution is 0.627. The Hall–Kier alpha value is -1.00. The Balaban J connectivity index is 1.66. The molecular weight excluding hydrogens is 278 g/mol. The number of hydrogen-bond acceptors (Lipinski definition) is 4. The fourth-order valence-electron chi connectivity index (χ4n) is 2.47. The van der Waals surface area contributed by atoms with Gasteiger partial charge in [-0.05, 0) is 29.9 Å². The van der Waals surface area contributed by atoms with Gasteiger partial charge in [0.05, 0.1) is 6.54 Å². The van der Waals surface area contributed by atoms with Crippen molar-refractivity contribution in [1.82, 2.24) is 5.32 Å². The first kappa shape index (κ1) is 16.4. The third-order valence-electron chi connectivity index (χ3n) is 3.73. The summed E-state index contributed by atoms with van der Waals surface area (Å²) in [5.74, 6) is 1.92. The van der Waals surface area contributed by atoms with E-state index in [4.69, 9.17) is 5.73 Å². The van der Waals surface area contributed by atoms with Crippen LogP contribution in [0.5, 0.6) is 0 Å². The van der Waals surface area contributed by atoms with Gasteiger partial charge in [0.1, 0.15) is 12.0 Å². The fourth-order valence-corrected chi connectivity index (χ4v) is 3.38. The van der Waals surface area contributed by atoms with Gasteiger partial charge in [-0.2, -0.15) is 0 Å². The lowest BCUT2D eigenvalue weighted by Crippen LogP contribution is -2.21. The molecule has 21 heavy (non-hydrogen) atoms. The van der Waals surface area contributed by atoms with E-state index in [0.717, 1.165) is 0 Å². The highest BCUT2D eigenvalue weighted by atomic mass is 32.2. The number of thioether (sulfide) groups is 1. The molecule has 0 saturated carbocycles. The Labute approximate surface area is 132 Å². The molecule has 0 spiro atoms. The lowest BCUT2D eigenvalue weighted by atomic mass is 10.1. The summed E-state index contributed by atoms with van der Waals surface area (Å²) in [6.07, 6.45) is 8.23. The number of aliphatic imine (C=N–C) groups is 1. The molecule has 0 aliphatic carbocycles. The summed E-state index contributed by atoms with van der Waals surface area (Å²) in [5.41, 5.74) is 6.89. The van der Waals surface area contributed by atoms with Crippen molar-refractivity contribution in [1.29, 1.82) is 0 Å². The van der Waals surface area contributed by atoms with Gasteiger partial charge in [0.2, 0.25) is 0 Å². The normalized spacial score (nSPS) is 18.0. The second kappa shape index (κ2) is 9.11. The quantitative estimate of drug-likeness (QED) is 0.533. The Bertz CT molecular complexity index is 442. The first-order valence-corrected chi connectivity index (χ1v) is 9.06. The predicted octanol–water partition coefficient (Wildman–Crippen LogP) is 4.10. The average Bonchev–Trinajstić information content (AvgIpc) is 2.93. The smallest absolute Gasteiger partial charge is 0.127 e. The van der Waals surface area contributed by atoms with Crippen LogP contribution in [0.4, 0.5) is 0 Å². The van der Waals surface area contributed by atoms with Crippen molar-refractivity contribution in [2.24, 2.45) is 10.7 Å². The number of unbranched alkanes of at least 4 members (excludes halogenated alkanes) is 5. The van der Waals surface area contributed by atoms with Crippen LogP contribution in [0.1, 0.15) is 57.2 Å². The summed E-state index contributed by atoms with van der Waals surface area (Å²) in [4.78, 5) is 5.73. The van der Waals surface area contributed by atoms with Gasteiger partial charge >= 0.3 is 0 Å². The zero-order valence-electron chi connectivity index (χ0n) is 13.0. The van der Waals surface area contributed by atoms with E-state index < -0.39 is 0 Å². The molecular formula is C17H27N3S. The van der Waals surface area contributed by atoms with Gasteiger partial charge < -0.3 is 5.73 Å². The minimum Gasteiger partial charge on any atom is -0.386 e. The molecule has 0 saturated heterocycles. The highest BCUT2D eigenvalue weighted by Gasteiger charge is 2.15. The van der Waals surface area contributed by atoms with Crippen molar-refractivity contribution < 1.29 is 0 Å². The summed E-state index contributed by atoms with van der Waals surface area (Å²) in [6.45, 7) is 2.96. The van der Waals surface area contributed by atoms with Crippen molar-refractivity contribution in [2.45, 2.75) is 56.5 Å². The molecule has 4 heteroatoms. The van der Waals surface area contributed by atoms with Gasteiger partial charge in [-0.3, -0.25) is 5.32 Å². The minimum absolute atomic E-state index is 0.0441. The molecule has 1 aromatic carbocycles. The van der Waals surface area contributed by atoms with E-state index in [1.54, 1.807) is 0 Å². The summed E-state index contributed by atoms with van der Waals surface area (Å²) >= 11 is 1.96. The highest BCUT2D eigenvalue weighted by Crippen LogP contribution is 2.24. The maximum Gasteiger partial charge on any atom is 0.127 e. The van der Waals surface area contributed by atoms with Gasteiger partial charge in [-0.15, -0.1) is 11.8 Å². The van der Waals surface area contributed by atoms with E-state index in [-0.39, 0.29) is 6.17 Å². The van der Waals surface area contributed by atoms with Crippen LogP contribution in [0.2, 0.25) is 0 Å². The second-order valence-electron chi connectivity index (χ2n) is 5.59. The molecule has 2 rings (SSSR count). The van der Waals surface area contributed by atoms with E-state index >= 15 is 0 Å². The van der Waals surface area contributed by atoms with E-state index in [1.807, 2.05) is 11.8 Å². The molecule has 1 aliphatic rings. The highest BCUT2D eigenvalue weighted by molar-refractivity contribution is 7.99. The van der Waals surface area contributed by atoms with Gasteiger partial charge in [0, 0.05) is 4.90 Å². The SMILES string of the molecule is CCCCCCCCSc1ccc(C2N=C(N)CN2)cc1. The Kier molecular flexibility index (Phi) is 7.10. The fraction of sp³-hybridized carbons (Fsp3) is 0.588. The maximum atomic E-state index is 5.70. The van der Waals surface area contributed by atoms with E-state index in [0.29, 0.717) is 12.4 Å². The summed E-state index contributed by atoms with van der Waals surface area (Å²) in [5, 5.41) is 3.28. The number of amidine groups is 1. The van der Waals surface area contributed by atoms with Crippen molar-refractivity contribution in [3.8, 4) is 0 Å². The van der Waals surface area contributed by atoms with Gasteiger partial charge in [-0.1, -0.05) is 51.2 Å². The molecule has 116 valence electrons. The third-order valence-corrected chi connectivity index (χ3v) is 4.83. The molecule has 0 aromatic heterocycles. The summed E-state index contributed by atoms with van der Waals surface area (Å²) < 4.78 is 0. The lowest BCUT2D eigenvalue weighted by Gasteiger charge is -2.09. The zero-order valence-corrected chi connectivity index (χ0v) is 13.8. The summed E-state index contributed by atoms with van der Waals surface area (Å²) in [6, 6.07) is 8.71. The number of rotatable bonds is 9. The molecule has 3 nitrogen and oxygen atoms in total. The van der Waals surface area contributed by atoms with Crippen LogP contribution in [0.3, 0.4) is 0 Å². The van der Waals surface area contributed by atoms with Crippen molar-refractivity contribution in [3.63, 3.8) is 0 Å². The van der Waals surface area contributed by atoms with Gasteiger partial charge in [0.15, 0.2) is 0 Å². The Morgan fingerprint density at radius 2 is 1.86 bits per heavy atom. The van der Waals surface area contributed by atoms with Crippen LogP contribution in [-0.2, 0) is 0 Å². The van der Waals surface area contributed by atoms with Crippen molar-refractivity contribution >= 4 is 17.6 Å². The topological polar surface area (TPSA) is 50.4 Å². The van der Waals surface area contributed by atoms with Crippen molar-refractivity contribution in [3.05, 3.63) is 29.8 Å². The molecule has 1 heterocycles. The Morgan fingerprint density at radius 1 is 1.14 bits per heavy atom. The van der Waals surface area contributed by atoms with Crippen LogP contribution >= 0.6 is 11.8 Å². The molecule has 0 radical (unpaired) electrons. The molecule has 3 N–H and O–H groups in total. The van der Waals surface area contributed by atoms with Crippen LogP contribution in [0.25, 0.3) is 0 Å². The first-order chi connectivity index (χ1) is 10.3. The second-order valence-corrected chi connectivity index (χ2v) is 6.76. The molecule has 0 amide bonds. The molecule has 1 unspecified atom stereocenters.